The Hall–Kier alpha value is -2.99. The molecule has 1 unspecified atom stereocenters. The highest BCUT2D eigenvalue weighted by Gasteiger charge is 2.44. The Morgan fingerprint density at radius 3 is 2.36 bits per heavy atom. The number of benzene rings is 2. The Morgan fingerprint density at radius 1 is 0.905 bits per heavy atom. The van der Waals surface area contributed by atoms with Crippen LogP contribution in [0.2, 0.25) is 0 Å². The topological polar surface area (TPSA) is 58.4 Å². The number of nitrogens with zero attached hydrogens (tertiary/aromatic N) is 4. The molecule has 6 nitrogen and oxygen atoms in total. The highest BCUT2D eigenvalue weighted by atomic mass is 16.2. The third kappa shape index (κ3) is 5.21. The van der Waals surface area contributed by atoms with Crippen molar-refractivity contribution in [3.05, 3.63) is 66.0 Å². The average molecular weight is 567 g/mol. The van der Waals surface area contributed by atoms with Crippen LogP contribution in [0.5, 0.6) is 0 Å². The zero-order valence-corrected chi connectivity index (χ0v) is 25.2. The second-order valence-corrected chi connectivity index (χ2v) is 13.7. The lowest BCUT2D eigenvalue weighted by Crippen LogP contribution is -2.49. The highest BCUT2D eigenvalue weighted by molar-refractivity contribution is 5.87. The van der Waals surface area contributed by atoms with Crippen LogP contribution in [0.3, 0.4) is 0 Å². The first-order chi connectivity index (χ1) is 20.5. The number of likely N-dealkylation sites (tertiary alicyclic amines) is 1. The van der Waals surface area contributed by atoms with Crippen LogP contribution in [0.25, 0.3) is 11.0 Å². The van der Waals surface area contributed by atoms with Crippen LogP contribution in [0.15, 0.2) is 54.6 Å². The molecule has 3 aromatic rings. The van der Waals surface area contributed by atoms with Crippen molar-refractivity contribution in [1.29, 1.82) is 0 Å². The monoisotopic (exact) mass is 566 g/mol. The average Bonchev–Trinajstić information content (AvgIpc) is 3.48. The SMILES string of the molecule is Cc1nc2ccccc2n1[C@H]1C[C@H]2CC[C@@H](C1)N2CCC1(c2ccccc2)CCN(C(=O)CC2CCCCC2=O)CC1. The minimum absolute atomic E-state index is 0.0467. The number of aromatic nitrogens is 2. The molecular weight excluding hydrogens is 520 g/mol. The molecule has 4 atom stereocenters. The molecule has 7 rings (SSSR count). The summed E-state index contributed by atoms with van der Waals surface area (Å²) in [5.74, 6) is 1.60. The molecule has 3 saturated heterocycles. The second-order valence-electron chi connectivity index (χ2n) is 13.7. The van der Waals surface area contributed by atoms with Crippen LogP contribution in [-0.2, 0) is 15.0 Å². The van der Waals surface area contributed by atoms with Gasteiger partial charge in [0.2, 0.25) is 5.91 Å². The van der Waals surface area contributed by atoms with E-state index in [2.05, 4.69) is 75.9 Å². The summed E-state index contributed by atoms with van der Waals surface area (Å²) < 4.78 is 2.52. The van der Waals surface area contributed by atoms with Gasteiger partial charge in [0.15, 0.2) is 0 Å². The summed E-state index contributed by atoms with van der Waals surface area (Å²) in [6.45, 7) is 4.90. The molecule has 0 radical (unpaired) electrons. The lowest BCUT2D eigenvalue weighted by atomic mass is 9.70. The maximum Gasteiger partial charge on any atom is 0.223 e. The van der Waals surface area contributed by atoms with E-state index >= 15 is 0 Å². The molecule has 0 spiro atoms. The Labute approximate surface area is 250 Å². The molecule has 1 aromatic heterocycles. The molecule has 222 valence electrons. The van der Waals surface area contributed by atoms with Gasteiger partial charge in [0.25, 0.3) is 0 Å². The third-order valence-corrected chi connectivity index (χ3v) is 11.4. The third-order valence-electron chi connectivity index (χ3n) is 11.4. The summed E-state index contributed by atoms with van der Waals surface area (Å²) in [6.07, 6.45) is 12.2. The van der Waals surface area contributed by atoms with Gasteiger partial charge in [-0.15, -0.1) is 0 Å². The van der Waals surface area contributed by atoms with Gasteiger partial charge in [0, 0.05) is 50.0 Å². The quantitative estimate of drug-likeness (QED) is 0.323. The first-order valence-corrected chi connectivity index (χ1v) is 16.6. The minimum Gasteiger partial charge on any atom is -0.343 e. The molecule has 4 aliphatic rings. The Bertz CT molecular complexity index is 1410. The molecule has 4 heterocycles. The maximum atomic E-state index is 13.3. The van der Waals surface area contributed by atoms with Gasteiger partial charge < -0.3 is 9.47 Å². The molecule has 6 heteroatoms. The van der Waals surface area contributed by atoms with E-state index in [1.165, 1.54) is 36.8 Å². The fraction of sp³-hybridized carbons (Fsp3) is 0.583. The number of hydrogen-bond donors (Lipinski definition) is 0. The van der Waals surface area contributed by atoms with Gasteiger partial charge in [-0.25, -0.2) is 4.98 Å². The summed E-state index contributed by atoms with van der Waals surface area (Å²) in [6, 6.07) is 21.5. The van der Waals surface area contributed by atoms with Crippen molar-refractivity contribution in [2.45, 2.75) is 108 Å². The van der Waals surface area contributed by atoms with Crippen molar-refractivity contribution in [1.82, 2.24) is 19.4 Å². The lowest BCUT2D eigenvalue weighted by Gasteiger charge is -2.46. The summed E-state index contributed by atoms with van der Waals surface area (Å²) >= 11 is 0. The molecule has 1 saturated carbocycles. The lowest BCUT2D eigenvalue weighted by molar-refractivity contribution is -0.137. The molecule has 4 fully saturated rings. The number of amides is 1. The van der Waals surface area contributed by atoms with Crippen LogP contribution in [0, 0.1) is 12.8 Å². The number of aryl methyl sites for hydroxylation is 1. The molecule has 2 aromatic carbocycles. The zero-order valence-electron chi connectivity index (χ0n) is 25.2. The fourth-order valence-electron chi connectivity index (χ4n) is 9.06. The van der Waals surface area contributed by atoms with Crippen LogP contribution in [-0.4, -0.2) is 62.8 Å². The number of fused-ring (bicyclic) bond motifs is 3. The Balaban J connectivity index is 1.03. The number of piperidine rings is 2. The van der Waals surface area contributed by atoms with Gasteiger partial charge in [-0.3, -0.25) is 14.5 Å². The van der Waals surface area contributed by atoms with Crippen LogP contribution in [0.1, 0.15) is 94.5 Å². The summed E-state index contributed by atoms with van der Waals surface area (Å²) in [4.78, 5) is 35.4. The van der Waals surface area contributed by atoms with Crippen molar-refractivity contribution in [3.8, 4) is 0 Å². The fourth-order valence-corrected chi connectivity index (χ4v) is 9.06. The molecular formula is C36H46N4O2. The van der Waals surface area contributed by atoms with Crippen molar-refractivity contribution in [3.63, 3.8) is 0 Å². The van der Waals surface area contributed by atoms with Crippen LogP contribution in [0.4, 0.5) is 0 Å². The summed E-state index contributed by atoms with van der Waals surface area (Å²) in [7, 11) is 0. The van der Waals surface area contributed by atoms with Crippen molar-refractivity contribution in [2.24, 2.45) is 5.92 Å². The van der Waals surface area contributed by atoms with E-state index in [1.54, 1.807) is 0 Å². The summed E-state index contributed by atoms with van der Waals surface area (Å²) in [5.41, 5.74) is 3.93. The molecule has 0 N–H and O–H groups in total. The van der Waals surface area contributed by atoms with Crippen molar-refractivity contribution < 1.29 is 9.59 Å². The van der Waals surface area contributed by atoms with Crippen molar-refractivity contribution in [2.75, 3.05) is 19.6 Å². The number of ketones is 1. The van der Waals surface area contributed by atoms with Gasteiger partial charge in [-0.2, -0.15) is 0 Å². The molecule has 1 amide bonds. The van der Waals surface area contributed by atoms with Crippen LogP contribution < -0.4 is 0 Å². The van der Waals surface area contributed by atoms with E-state index < -0.39 is 0 Å². The number of Topliss-reactive ketones (excluding diaryl/α,β-unsaturated/α-hetero) is 1. The normalized spacial score (nSPS) is 27.9. The van der Waals surface area contributed by atoms with Gasteiger partial charge in [-0.1, -0.05) is 48.9 Å². The van der Waals surface area contributed by atoms with E-state index in [0.29, 0.717) is 36.8 Å². The van der Waals surface area contributed by atoms with E-state index in [0.717, 1.165) is 69.5 Å². The maximum absolute atomic E-state index is 13.3. The summed E-state index contributed by atoms with van der Waals surface area (Å²) in [5, 5.41) is 0. The van der Waals surface area contributed by atoms with Gasteiger partial charge >= 0.3 is 0 Å². The van der Waals surface area contributed by atoms with E-state index in [1.807, 2.05) is 0 Å². The second kappa shape index (κ2) is 11.6. The van der Waals surface area contributed by atoms with Gasteiger partial charge in [-0.05, 0) is 94.4 Å². The Kier molecular flexibility index (Phi) is 7.68. The van der Waals surface area contributed by atoms with Crippen LogP contribution >= 0.6 is 0 Å². The van der Waals surface area contributed by atoms with E-state index in [4.69, 9.17) is 4.98 Å². The highest BCUT2D eigenvalue weighted by Crippen LogP contribution is 2.45. The van der Waals surface area contributed by atoms with E-state index in [-0.39, 0.29) is 17.2 Å². The van der Waals surface area contributed by atoms with Gasteiger partial charge in [0.1, 0.15) is 11.6 Å². The molecule has 1 aliphatic carbocycles. The smallest absolute Gasteiger partial charge is 0.223 e. The Morgan fingerprint density at radius 2 is 1.62 bits per heavy atom. The zero-order chi connectivity index (χ0) is 28.7. The number of carbonyl (C=O) groups excluding carboxylic acids is 2. The number of carbonyl (C=O) groups is 2. The van der Waals surface area contributed by atoms with E-state index in [9.17, 15) is 9.59 Å². The standard InChI is InChI=1S/C36H46N4O2/c1-26-37-32-12-6-7-13-33(32)40(26)31-24-29-15-16-30(25-31)39(29)22-19-36(28-10-3-2-4-11-28)17-20-38(21-18-36)35(42)23-27-9-5-8-14-34(27)41/h2-4,6-7,10-13,27,29-31H,5,8-9,14-25H2,1H3/t27?,29-,30+,31+. The number of para-hydroxylation sites is 2. The van der Waals surface area contributed by atoms with Crippen molar-refractivity contribution >= 4 is 22.7 Å². The first-order valence-electron chi connectivity index (χ1n) is 16.6. The molecule has 3 aliphatic heterocycles. The first kappa shape index (κ1) is 27.8. The number of hydrogen-bond acceptors (Lipinski definition) is 4. The predicted octanol–water partition coefficient (Wildman–Crippen LogP) is 6.61. The molecule has 2 bridgehead atoms. The number of imidazole rings is 1. The largest absolute Gasteiger partial charge is 0.343 e. The minimum atomic E-state index is -0.0467. The molecule has 42 heavy (non-hydrogen) atoms. The van der Waals surface area contributed by atoms with Gasteiger partial charge in [0.05, 0.1) is 11.0 Å². The predicted molar refractivity (Wildman–Crippen MR) is 166 cm³/mol. The number of rotatable bonds is 7.